The number of rotatable bonds is 4. The van der Waals surface area contributed by atoms with Gasteiger partial charge in [-0.05, 0) is 0 Å². The van der Waals surface area contributed by atoms with E-state index in [2.05, 4.69) is 15.3 Å². The van der Waals surface area contributed by atoms with Gasteiger partial charge in [0, 0.05) is 32.0 Å². The number of hydrogen-bond acceptors (Lipinski definition) is 6. The molecule has 96 valence electrons. The molecule has 0 amide bonds. The number of hydrogen-bond donors (Lipinski definition) is 2. The summed E-state index contributed by atoms with van der Waals surface area (Å²) in [6.45, 7) is 1.70. The van der Waals surface area contributed by atoms with Gasteiger partial charge in [-0.15, -0.1) is 0 Å². The average Bonchev–Trinajstić information content (AvgIpc) is 2.40. The van der Waals surface area contributed by atoms with Crippen LogP contribution in [0, 0.1) is 0 Å². The summed E-state index contributed by atoms with van der Waals surface area (Å²) >= 11 is 0. The molecule has 7 nitrogen and oxygen atoms in total. The van der Waals surface area contributed by atoms with Crippen LogP contribution in [0.15, 0.2) is 18.6 Å². The number of aromatic nitrogens is 2. The Balaban J connectivity index is 1.93. The molecule has 1 aromatic rings. The third-order valence-corrected chi connectivity index (χ3v) is 2.77. The van der Waals surface area contributed by atoms with Gasteiger partial charge in [0.2, 0.25) is 0 Å². The summed E-state index contributed by atoms with van der Waals surface area (Å²) in [6, 6.07) is -0.617. The molecule has 1 saturated heterocycles. The van der Waals surface area contributed by atoms with Gasteiger partial charge < -0.3 is 10.4 Å². The molecule has 1 fully saturated rings. The standard InChI is InChI=1S/C11H14N4O3/c16-10(8-5-12-1-2-13-8)7-15-4-3-14-9(6-15)11(17)18/h1-2,5,9,14H,3-4,6-7H2,(H,17,18)/t9-/m1/s1. The van der Waals surface area contributed by atoms with Crippen molar-refractivity contribution in [1.82, 2.24) is 20.2 Å². The Labute approximate surface area is 104 Å². The Bertz CT molecular complexity index is 437. The van der Waals surface area contributed by atoms with E-state index in [9.17, 15) is 9.59 Å². The smallest absolute Gasteiger partial charge is 0.322 e. The highest BCUT2D eigenvalue weighted by atomic mass is 16.4. The predicted molar refractivity (Wildman–Crippen MR) is 62.2 cm³/mol. The van der Waals surface area contributed by atoms with E-state index in [0.29, 0.717) is 25.3 Å². The molecule has 0 unspecified atom stereocenters. The van der Waals surface area contributed by atoms with Crippen LogP contribution in [0.5, 0.6) is 0 Å². The first kappa shape index (κ1) is 12.6. The van der Waals surface area contributed by atoms with Gasteiger partial charge in [-0.25, -0.2) is 4.98 Å². The minimum atomic E-state index is -0.897. The summed E-state index contributed by atoms with van der Waals surface area (Å²) in [5, 5.41) is 11.8. The minimum absolute atomic E-state index is 0.144. The second-order valence-electron chi connectivity index (χ2n) is 4.09. The molecule has 0 saturated carbocycles. The number of ketones is 1. The van der Waals surface area contributed by atoms with Crippen LogP contribution in [-0.2, 0) is 4.79 Å². The van der Waals surface area contributed by atoms with Gasteiger partial charge in [0.25, 0.3) is 0 Å². The number of piperazine rings is 1. The Morgan fingerprint density at radius 3 is 3.00 bits per heavy atom. The number of carboxylic acids is 1. The van der Waals surface area contributed by atoms with Crippen LogP contribution in [0.1, 0.15) is 10.5 Å². The van der Waals surface area contributed by atoms with Gasteiger partial charge in [0.05, 0.1) is 12.7 Å². The molecular weight excluding hydrogens is 236 g/mol. The van der Waals surface area contributed by atoms with Crippen LogP contribution in [0.4, 0.5) is 0 Å². The molecule has 0 spiro atoms. The monoisotopic (exact) mass is 250 g/mol. The number of carboxylic acid groups (broad SMARTS) is 1. The Hall–Kier alpha value is -1.86. The number of nitrogens with zero attached hydrogens (tertiary/aromatic N) is 3. The van der Waals surface area contributed by atoms with Gasteiger partial charge in [-0.2, -0.15) is 0 Å². The zero-order chi connectivity index (χ0) is 13.0. The second kappa shape index (κ2) is 5.65. The van der Waals surface area contributed by atoms with Crippen LogP contribution in [0.25, 0.3) is 0 Å². The maximum atomic E-state index is 11.9. The zero-order valence-electron chi connectivity index (χ0n) is 9.74. The van der Waals surface area contributed by atoms with Crippen LogP contribution in [-0.4, -0.2) is 63.9 Å². The third-order valence-electron chi connectivity index (χ3n) is 2.77. The highest BCUT2D eigenvalue weighted by Crippen LogP contribution is 2.02. The summed E-state index contributed by atoms with van der Waals surface area (Å²) in [7, 11) is 0. The van der Waals surface area contributed by atoms with Crippen LogP contribution in [0.3, 0.4) is 0 Å². The zero-order valence-corrected chi connectivity index (χ0v) is 9.74. The van der Waals surface area contributed by atoms with E-state index in [0.717, 1.165) is 0 Å². The molecule has 0 aliphatic carbocycles. The van der Waals surface area contributed by atoms with Crippen molar-refractivity contribution in [1.29, 1.82) is 0 Å². The average molecular weight is 250 g/mol. The van der Waals surface area contributed by atoms with Crippen molar-refractivity contribution < 1.29 is 14.7 Å². The van der Waals surface area contributed by atoms with Crippen molar-refractivity contribution in [3.05, 3.63) is 24.3 Å². The van der Waals surface area contributed by atoms with Crippen molar-refractivity contribution in [2.75, 3.05) is 26.2 Å². The van der Waals surface area contributed by atoms with Gasteiger partial charge in [-0.1, -0.05) is 0 Å². The molecular formula is C11H14N4O3. The summed E-state index contributed by atoms with van der Waals surface area (Å²) in [4.78, 5) is 32.3. The third kappa shape index (κ3) is 3.08. The normalized spacial score (nSPS) is 20.6. The van der Waals surface area contributed by atoms with Crippen molar-refractivity contribution in [2.24, 2.45) is 0 Å². The molecule has 0 aromatic carbocycles. The lowest BCUT2D eigenvalue weighted by Gasteiger charge is -2.30. The summed E-state index contributed by atoms with van der Waals surface area (Å²) in [5.74, 6) is -1.04. The summed E-state index contributed by atoms with van der Waals surface area (Å²) in [6.07, 6.45) is 4.38. The number of aliphatic carboxylic acids is 1. The fraction of sp³-hybridized carbons (Fsp3) is 0.455. The molecule has 2 heterocycles. The lowest BCUT2D eigenvalue weighted by Crippen LogP contribution is -2.55. The van der Waals surface area contributed by atoms with Gasteiger partial charge >= 0.3 is 5.97 Å². The van der Waals surface area contributed by atoms with Crippen molar-refractivity contribution >= 4 is 11.8 Å². The van der Waals surface area contributed by atoms with E-state index < -0.39 is 12.0 Å². The predicted octanol–water partition coefficient (Wildman–Crippen LogP) is -0.982. The highest BCUT2D eigenvalue weighted by molar-refractivity contribution is 5.95. The number of carbonyl (C=O) groups is 2. The van der Waals surface area contributed by atoms with E-state index in [-0.39, 0.29) is 12.3 Å². The van der Waals surface area contributed by atoms with Gasteiger partial charge in [0.1, 0.15) is 11.7 Å². The summed E-state index contributed by atoms with van der Waals surface area (Å²) in [5.41, 5.74) is 0.308. The Morgan fingerprint density at radius 2 is 2.33 bits per heavy atom. The first-order valence-corrected chi connectivity index (χ1v) is 5.64. The number of carbonyl (C=O) groups excluding carboxylic acids is 1. The largest absolute Gasteiger partial charge is 0.480 e. The van der Waals surface area contributed by atoms with Crippen LogP contribution < -0.4 is 5.32 Å². The second-order valence-corrected chi connectivity index (χ2v) is 4.09. The lowest BCUT2D eigenvalue weighted by molar-refractivity contribution is -0.140. The molecule has 0 radical (unpaired) electrons. The van der Waals surface area contributed by atoms with Crippen LogP contribution >= 0.6 is 0 Å². The highest BCUT2D eigenvalue weighted by Gasteiger charge is 2.26. The molecule has 18 heavy (non-hydrogen) atoms. The maximum absolute atomic E-state index is 11.9. The van der Waals surface area contributed by atoms with E-state index in [1.165, 1.54) is 18.6 Å². The van der Waals surface area contributed by atoms with Crippen molar-refractivity contribution in [2.45, 2.75) is 6.04 Å². The van der Waals surface area contributed by atoms with Crippen LogP contribution in [0.2, 0.25) is 0 Å². The fourth-order valence-electron chi connectivity index (χ4n) is 1.85. The molecule has 0 bridgehead atoms. The molecule has 1 aromatic heterocycles. The van der Waals surface area contributed by atoms with E-state index >= 15 is 0 Å². The molecule has 1 aliphatic heterocycles. The van der Waals surface area contributed by atoms with Crippen molar-refractivity contribution in [3.63, 3.8) is 0 Å². The first-order chi connectivity index (χ1) is 8.66. The quantitative estimate of drug-likeness (QED) is 0.663. The molecule has 1 aliphatic rings. The first-order valence-electron chi connectivity index (χ1n) is 5.64. The fourth-order valence-corrected chi connectivity index (χ4v) is 1.85. The Morgan fingerprint density at radius 1 is 1.50 bits per heavy atom. The molecule has 2 rings (SSSR count). The molecule has 2 N–H and O–H groups in total. The van der Waals surface area contributed by atoms with E-state index in [1.807, 2.05) is 4.90 Å². The maximum Gasteiger partial charge on any atom is 0.322 e. The lowest BCUT2D eigenvalue weighted by atomic mass is 10.2. The topological polar surface area (TPSA) is 95.4 Å². The van der Waals surface area contributed by atoms with E-state index in [4.69, 9.17) is 5.11 Å². The van der Waals surface area contributed by atoms with E-state index in [1.54, 1.807) is 0 Å². The number of Topliss-reactive ketones (excluding diaryl/α,β-unsaturated/α-hetero) is 1. The van der Waals surface area contributed by atoms with Crippen molar-refractivity contribution in [3.8, 4) is 0 Å². The Kier molecular flexibility index (Phi) is 3.96. The SMILES string of the molecule is O=C(CN1CCN[C@@H](C(=O)O)C1)c1cnccn1. The number of nitrogens with one attached hydrogen (secondary N) is 1. The van der Waals surface area contributed by atoms with Gasteiger partial charge in [-0.3, -0.25) is 19.5 Å². The molecule has 1 atom stereocenters. The minimum Gasteiger partial charge on any atom is -0.480 e. The summed E-state index contributed by atoms with van der Waals surface area (Å²) < 4.78 is 0. The molecule has 7 heteroatoms. The van der Waals surface area contributed by atoms with Gasteiger partial charge in [0.15, 0.2) is 5.78 Å².